The van der Waals surface area contributed by atoms with Crippen LogP contribution in [0.15, 0.2) is 18.2 Å². The third-order valence-corrected chi connectivity index (χ3v) is 3.98. The highest BCUT2D eigenvalue weighted by atomic mass is 35.5. The second-order valence-corrected chi connectivity index (χ2v) is 5.74. The molecular weight excluding hydrogens is 290 g/mol. The maximum atomic E-state index is 12.6. The number of ether oxygens (including phenoxy) is 1. The van der Waals surface area contributed by atoms with Crippen molar-refractivity contribution in [1.82, 2.24) is 4.90 Å². The zero-order valence-electron chi connectivity index (χ0n) is 12.4. The van der Waals surface area contributed by atoms with E-state index in [4.69, 9.17) is 16.3 Å². The van der Waals surface area contributed by atoms with E-state index in [0.29, 0.717) is 30.3 Å². The Kier molecular flexibility index (Phi) is 5.23. The van der Waals surface area contributed by atoms with Crippen LogP contribution in [0.5, 0.6) is 0 Å². The highest BCUT2D eigenvalue weighted by molar-refractivity contribution is 6.30. The minimum atomic E-state index is -0.213. The molecule has 1 aromatic rings. The summed E-state index contributed by atoms with van der Waals surface area (Å²) in [5, 5.41) is 0.618. The van der Waals surface area contributed by atoms with Gasteiger partial charge < -0.3 is 9.64 Å². The molecule has 0 bridgehead atoms. The van der Waals surface area contributed by atoms with E-state index >= 15 is 0 Å². The van der Waals surface area contributed by atoms with Gasteiger partial charge in [-0.3, -0.25) is 9.59 Å². The Labute approximate surface area is 130 Å². The number of halogens is 1. The number of esters is 1. The number of carbonyl (C=O) groups excluding carboxylic acids is 2. The Morgan fingerprint density at radius 2 is 2.19 bits per heavy atom. The quantitative estimate of drug-likeness (QED) is 0.806. The molecule has 21 heavy (non-hydrogen) atoms. The second kappa shape index (κ2) is 6.94. The first-order valence-corrected chi connectivity index (χ1v) is 7.62. The van der Waals surface area contributed by atoms with E-state index < -0.39 is 0 Å². The lowest BCUT2D eigenvalue weighted by Gasteiger charge is -2.32. The molecule has 0 unspecified atom stereocenters. The van der Waals surface area contributed by atoms with Gasteiger partial charge in [-0.25, -0.2) is 0 Å². The fourth-order valence-electron chi connectivity index (χ4n) is 2.65. The predicted molar refractivity (Wildman–Crippen MR) is 81.4 cm³/mol. The molecule has 1 saturated heterocycles. The molecule has 114 valence electrons. The largest absolute Gasteiger partial charge is 0.466 e. The van der Waals surface area contributed by atoms with Gasteiger partial charge in [0.1, 0.15) is 0 Å². The first-order chi connectivity index (χ1) is 10.0. The molecule has 0 aromatic heterocycles. The average Bonchev–Trinajstić information content (AvgIpc) is 2.47. The van der Waals surface area contributed by atoms with E-state index in [9.17, 15) is 9.59 Å². The van der Waals surface area contributed by atoms with Crippen LogP contribution in [0.2, 0.25) is 5.02 Å². The molecule has 5 heteroatoms. The first kappa shape index (κ1) is 15.8. The number of amides is 1. The van der Waals surface area contributed by atoms with Gasteiger partial charge in [-0.05, 0) is 50.5 Å². The Morgan fingerprint density at radius 1 is 1.43 bits per heavy atom. The van der Waals surface area contributed by atoms with Gasteiger partial charge in [-0.2, -0.15) is 0 Å². The number of rotatable bonds is 3. The molecule has 1 heterocycles. The summed E-state index contributed by atoms with van der Waals surface area (Å²) in [6, 6.07) is 5.24. The van der Waals surface area contributed by atoms with Crippen LogP contribution in [0, 0.1) is 12.8 Å². The molecule has 0 aliphatic carbocycles. The van der Waals surface area contributed by atoms with Gasteiger partial charge in [0.15, 0.2) is 0 Å². The molecule has 0 N–H and O–H groups in total. The minimum absolute atomic E-state index is 0.0434. The maximum Gasteiger partial charge on any atom is 0.310 e. The van der Waals surface area contributed by atoms with Crippen molar-refractivity contribution < 1.29 is 14.3 Å². The molecule has 0 saturated carbocycles. The topological polar surface area (TPSA) is 46.6 Å². The zero-order chi connectivity index (χ0) is 15.4. The van der Waals surface area contributed by atoms with Gasteiger partial charge in [0.05, 0.1) is 12.5 Å². The standard InChI is InChI=1S/C16H20ClNO3/c1-3-21-16(20)12-5-4-8-18(10-12)15(19)14-7-6-13(17)9-11(14)2/h6-7,9,12H,3-5,8,10H2,1-2H3/t12-/m1/s1. The molecule has 1 atom stereocenters. The summed E-state index contributed by atoms with van der Waals surface area (Å²) in [6.07, 6.45) is 1.60. The summed E-state index contributed by atoms with van der Waals surface area (Å²) >= 11 is 5.92. The summed E-state index contributed by atoms with van der Waals surface area (Å²) in [7, 11) is 0. The summed E-state index contributed by atoms with van der Waals surface area (Å²) in [4.78, 5) is 26.2. The third kappa shape index (κ3) is 3.76. The highest BCUT2D eigenvalue weighted by Gasteiger charge is 2.30. The van der Waals surface area contributed by atoms with Crippen LogP contribution in [0.1, 0.15) is 35.7 Å². The van der Waals surface area contributed by atoms with Crippen molar-refractivity contribution in [2.45, 2.75) is 26.7 Å². The first-order valence-electron chi connectivity index (χ1n) is 7.25. The molecule has 0 radical (unpaired) electrons. The predicted octanol–water partition coefficient (Wildman–Crippen LogP) is 3.06. The smallest absolute Gasteiger partial charge is 0.310 e. The average molecular weight is 310 g/mol. The van der Waals surface area contributed by atoms with Crippen molar-refractivity contribution in [3.05, 3.63) is 34.3 Å². The number of aryl methyl sites for hydroxylation is 1. The monoisotopic (exact) mass is 309 g/mol. The number of benzene rings is 1. The van der Waals surface area contributed by atoms with Crippen molar-refractivity contribution in [2.24, 2.45) is 5.92 Å². The summed E-state index contributed by atoms with van der Waals surface area (Å²) in [5.74, 6) is -0.462. The molecule has 0 spiro atoms. The van der Waals surface area contributed by atoms with Gasteiger partial charge >= 0.3 is 5.97 Å². The molecule has 1 aromatic carbocycles. The lowest BCUT2D eigenvalue weighted by Crippen LogP contribution is -2.43. The van der Waals surface area contributed by atoms with Crippen LogP contribution >= 0.6 is 11.6 Å². The molecule has 1 fully saturated rings. The summed E-state index contributed by atoms with van der Waals surface area (Å²) < 4.78 is 5.06. The summed E-state index contributed by atoms with van der Waals surface area (Å²) in [6.45, 7) is 5.14. The molecule has 1 amide bonds. The molecule has 1 aliphatic heterocycles. The Balaban J connectivity index is 2.10. The fraction of sp³-hybridized carbons (Fsp3) is 0.500. The van der Waals surface area contributed by atoms with E-state index in [1.807, 2.05) is 6.92 Å². The van der Waals surface area contributed by atoms with Crippen LogP contribution in [0.3, 0.4) is 0 Å². The number of nitrogens with zero attached hydrogens (tertiary/aromatic N) is 1. The lowest BCUT2D eigenvalue weighted by atomic mass is 9.97. The molecule has 1 aliphatic rings. The van der Waals surface area contributed by atoms with Crippen molar-refractivity contribution >= 4 is 23.5 Å². The third-order valence-electron chi connectivity index (χ3n) is 3.75. The van der Waals surface area contributed by atoms with Crippen LogP contribution in [0.4, 0.5) is 0 Å². The Morgan fingerprint density at radius 3 is 2.86 bits per heavy atom. The number of carbonyl (C=O) groups is 2. The van der Waals surface area contributed by atoms with Gasteiger partial charge in [0.2, 0.25) is 0 Å². The van der Waals surface area contributed by atoms with E-state index in [0.717, 1.165) is 18.4 Å². The van der Waals surface area contributed by atoms with Crippen LogP contribution in [-0.2, 0) is 9.53 Å². The van der Waals surface area contributed by atoms with Crippen molar-refractivity contribution in [2.75, 3.05) is 19.7 Å². The van der Waals surface area contributed by atoms with Crippen molar-refractivity contribution in [3.8, 4) is 0 Å². The van der Waals surface area contributed by atoms with Gasteiger partial charge in [0.25, 0.3) is 5.91 Å². The number of hydrogen-bond acceptors (Lipinski definition) is 3. The second-order valence-electron chi connectivity index (χ2n) is 5.30. The molecule has 2 rings (SSSR count). The molecule has 4 nitrogen and oxygen atoms in total. The van der Waals surface area contributed by atoms with Gasteiger partial charge in [0, 0.05) is 23.7 Å². The van der Waals surface area contributed by atoms with Crippen molar-refractivity contribution in [3.63, 3.8) is 0 Å². The van der Waals surface area contributed by atoms with Gasteiger partial charge in [-0.1, -0.05) is 11.6 Å². The zero-order valence-corrected chi connectivity index (χ0v) is 13.2. The Hall–Kier alpha value is -1.55. The van der Waals surface area contributed by atoms with E-state index in [1.54, 1.807) is 30.0 Å². The summed E-state index contributed by atoms with van der Waals surface area (Å²) in [5.41, 5.74) is 1.50. The fourth-order valence-corrected chi connectivity index (χ4v) is 2.88. The lowest BCUT2D eigenvalue weighted by molar-refractivity contribution is -0.149. The van der Waals surface area contributed by atoms with E-state index in [-0.39, 0.29) is 17.8 Å². The normalized spacial score (nSPS) is 18.4. The van der Waals surface area contributed by atoms with E-state index in [1.165, 1.54) is 0 Å². The van der Waals surface area contributed by atoms with Crippen LogP contribution in [0.25, 0.3) is 0 Å². The number of piperidine rings is 1. The van der Waals surface area contributed by atoms with Crippen LogP contribution < -0.4 is 0 Å². The van der Waals surface area contributed by atoms with Gasteiger partial charge in [-0.15, -0.1) is 0 Å². The highest BCUT2D eigenvalue weighted by Crippen LogP contribution is 2.22. The van der Waals surface area contributed by atoms with E-state index in [2.05, 4.69) is 0 Å². The van der Waals surface area contributed by atoms with Crippen LogP contribution in [-0.4, -0.2) is 36.5 Å². The minimum Gasteiger partial charge on any atom is -0.466 e. The van der Waals surface area contributed by atoms with Crippen molar-refractivity contribution in [1.29, 1.82) is 0 Å². The number of likely N-dealkylation sites (tertiary alicyclic amines) is 1. The molecular formula is C16H20ClNO3. The maximum absolute atomic E-state index is 12.6. The number of hydrogen-bond donors (Lipinski definition) is 0. The Bertz CT molecular complexity index is 544. The SMILES string of the molecule is CCOC(=O)[C@@H]1CCCN(C(=O)c2ccc(Cl)cc2C)C1.